The third-order valence-corrected chi connectivity index (χ3v) is 5.10. The van der Waals surface area contributed by atoms with E-state index in [-0.39, 0.29) is 10.7 Å². The largest absolute Gasteiger partial charge is 0.296 e. The summed E-state index contributed by atoms with van der Waals surface area (Å²) in [6.45, 7) is 1.96. The summed E-state index contributed by atoms with van der Waals surface area (Å²) >= 11 is 7.21. The minimum absolute atomic E-state index is 0.0446. The summed E-state index contributed by atoms with van der Waals surface area (Å²) in [7, 11) is -3.65. The van der Waals surface area contributed by atoms with Crippen molar-refractivity contribution in [1.82, 2.24) is 15.0 Å². The molecule has 0 aliphatic rings. The molecule has 2 aromatic heterocycles. The maximum Gasteiger partial charge on any atom is 0.277 e. The SMILES string of the molecule is Cc1ccc2nc(NC(=O)c3nc(S(C)(=O)=O)ncc3Cl)sc2c1. The number of hydrogen-bond acceptors (Lipinski definition) is 7. The molecule has 124 valence electrons. The van der Waals surface area contributed by atoms with Gasteiger partial charge in [0.05, 0.1) is 21.4 Å². The van der Waals surface area contributed by atoms with E-state index >= 15 is 0 Å². The van der Waals surface area contributed by atoms with Crippen LogP contribution in [0, 0.1) is 6.92 Å². The monoisotopic (exact) mass is 382 g/mol. The van der Waals surface area contributed by atoms with Crippen molar-refractivity contribution in [3.63, 3.8) is 0 Å². The molecule has 10 heteroatoms. The van der Waals surface area contributed by atoms with Crippen molar-refractivity contribution < 1.29 is 13.2 Å². The molecule has 3 rings (SSSR count). The van der Waals surface area contributed by atoms with Crippen LogP contribution in [0.1, 0.15) is 16.1 Å². The molecule has 3 aromatic rings. The number of benzene rings is 1. The quantitative estimate of drug-likeness (QED) is 0.699. The molecule has 0 saturated heterocycles. The van der Waals surface area contributed by atoms with Crippen LogP contribution in [0.15, 0.2) is 29.6 Å². The average Bonchev–Trinajstić information content (AvgIpc) is 2.87. The Morgan fingerprint density at radius 1 is 1.29 bits per heavy atom. The number of anilines is 1. The second kappa shape index (κ2) is 6.08. The summed E-state index contributed by atoms with van der Waals surface area (Å²) in [4.78, 5) is 24.0. The lowest BCUT2D eigenvalue weighted by atomic mass is 10.2. The van der Waals surface area contributed by atoms with Crippen LogP contribution in [-0.4, -0.2) is 35.5 Å². The van der Waals surface area contributed by atoms with E-state index in [4.69, 9.17) is 11.6 Å². The highest BCUT2D eigenvalue weighted by molar-refractivity contribution is 7.90. The van der Waals surface area contributed by atoms with Gasteiger partial charge in [-0.3, -0.25) is 10.1 Å². The molecule has 24 heavy (non-hydrogen) atoms. The van der Waals surface area contributed by atoms with Crippen LogP contribution < -0.4 is 5.32 Å². The summed E-state index contributed by atoms with van der Waals surface area (Å²) in [5.74, 6) is -0.650. The third kappa shape index (κ3) is 3.37. The number of carbonyl (C=O) groups excluding carboxylic acids is 1. The number of aromatic nitrogens is 3. The van der Waals surface area contributed by atoms with E-state index in [1.807, 2.05) is 25.1 Å². The van der Waals surface area contributed by atoms with Crippen LogP contribution in [-0.2, 0) is 9.84 Å². The Labute approximate surface area is 146 Å². The Morgan fingerprint density at radius 3 is 2.75 bits per heavy atom. The second-order valence-corrected chi connectivity index (χ2v) is 8.41. The standard InChI is InChI=1S/C14H11ClN4O3S2/c1-7-3-4-9-10(5-7)23-13(17-9)19-12(20)11-8(15)6-16-14(18-11)24(2,21)22/h3-6H,1-2H3,(H,17,19,20). The molecule has 0 fully saturated rings. The van der Waals surface area contributed by atoms with Crippen molar-refractivity contribution in [2.24, 2.45) is 0 Å². The Kier molecular flexibility index (Phi) is 4.24. The molecule has 1 amide bonds. The highest BCUT2D eigenvalue weighted by atomic mass is 35.5. The van der Waals surface area contributed by atoms with Gasteiger partial charge < -0.3 is 0 Å². The molecule has 1 aromatic carbocycles. The molecule has 0 radical (unpaired) electrons. The fourth-order valence-corrected chi connectivity index (χ4v) is 3.57. The van der Waals surface area contributed by atoms with E-state index < -0.39 is 20.9 Å². The zero-order valence-corrected chi connectivity index (χ0v) is 15.0. The highest BCUT2D eigenvalue weighted by Gasteiger charge is 2.20. The summed E-state index contributed by atoms with van der Waals surface area (Å²) < 4.78 is 24.0. The van der Waals surface area contributed by atoms with E-state index in [2.05, 4.69) is 20.3 Å². The first-order valence-electron chi connectivity index (χ1n) is 6.65. The number of halogens is 1. The Balaban J connectivity index is 1.94. The third-order valence-electron chi connectivity index (χ3n) is 3.03. The maximum absolute atomic E-state index is 12.3. The average molecular weight is 383 g/mol. The van der Waals surface area contributed by atoms with Gasteiger partial charge in [0.2, 0.25) is 15.0 Å². The minimum Gasteiger partial charge on any atom is -0.296 e. The van der Waals surface area contributed by atoms with Crippen LogP contribution in [0.4, 0.5) is 5.13 Å². The smallest absolute Gasteiger partial charge is 0.277 e. The lowest BCUT2D eigenvalue weighted by Gasteiger charge is -2.04. The number of rotatable bonds is 3. The number of carbonyl (C=O) groups is 1. The number of fused-ring (bicyclic) bond motifs is 1. The van der Waals surface area contributed by atoms with Crippen LogP contribution in [0.5, 0.6) is 0 Å². The van der Waals surface area contributed by atoms with Gasteiger partial charge in [0, 0.05) is 6.26 Å². The van der Waals surface area contributed by atoms with E-state index in [0.29, 0.717) is 5.13 Å². The summed E-state index contributed by atoms with van der Waals surface area (Å²) in [6.07, 6.45) is 2.04. The zero-order chi connectivity index (χ0) is 17.5. The fourth-order valence-electron chi connectivity index (χ4n) is 1.93. The number of nitrogens with one attached hydrogen (secondary N) is 1. The predicted molar refractivity (Wildman–Crippen MR) is 92.5 cm³/mol. The molecule has 0 unspecified atom stereocenters. The van der Waals surface area contributed by atoms with Crippen molar-refractivity contribution >= 4 is 54.0 Å². The van der Waals surface area contributed by atoms with E-state index in [9.17, 15) is 13.2 Å². The van der Waals surface area contributed by atoms with Gasteiger partial charge in [0.25, 0.3) is 5.91 Å². The number of sulfone groups is 1. The molecule has 0 spiro atoms. The minimum atomic E-state index is -3.65. The molecule has 2 heterocycles. The highest BCUT2D eigenvalue weighted by Crippen LogP contribution is 2.27. The van der Waals surface area contributed by atoms with Gasteiger partial charge in [-0.25, -0.2) is 23.4 Å². The number of nitrogens with zero attached hydrogens (tertiary/aromatic N) is 3. The van der Waals surface area contributed by atoms with Crippen LogP contribution in [0.3, 0.4) is 0 Å². The molecule has 0 bridgehead atoms. The zero-order valence-electron chi connectivity index (χ0n) is 12.6. The first-order chi connectivity index (χ1) is 11.2. The van der Waals surface area contributed by atoms with E-state index in [1.165, 1.54) is 11.3 Å². The lowest BCUT2D eigenvalue weighted by molar-refractivity contribution is 0.102. The van der Waals surface area contributed by atoms with Crippen molar-refractivity contribution in [3.05, 3.63) is 40.7 Å². The van der Waals surface area contributed by atoms with Crippen molar-refractivity contribution in [2.45, 2.75) is 12.1 Å². The van der Waals surface area contributed by atoms with Gasteiger partial charge in [-0.2, -0.15) is 0 Å². The number of thiazole rings is 1. The summed E-state index contributed by atoms with van der Waals surface area (Å²) in [6, 6.07) is 5.74. The molecule has 1 N–H and O–H groups in total. The van der Waals surface area contributed by atoms with E-state index in [1.54, 1.807) is 0 Å². The van der Waals surface area contributed by atoms with E-state index in [0.717, 1.165) is 28.2 Å². The maximum atomic E-state index is 12.3. The second-order valence-electron chi connectivity index (χ2n) is 5.07. The Hall–Kier alpha value is -2.10. The molecule has 7 nitrogen and oxygen atoms in total. The van der Waals surface area contributed by atoms with Crippen molar-refractivity contribution in [1.29, 1.82) is 0 Å². The number of aryl methyl sites for hydroxylation is 1. The van der Waals surface area contributed by atoms with Gasteiger partial charge in [-0.15, -0.1) is 0 Å². The molecule has 0 saturated carbocycles. The topological polar surface area (TPSA) is 102 Å². The summed E-state index contributed by atoms with van der Waals surface area (Å²) in [5.41, 5.74) is 1.62. The van der Waals surface area contributed by atoms with Gasteiger partial charge in [0.1, 0.15) is 0 Å². The van der Waals surface area contributed by atoms with Gasteiger partial charge in [-0.05, 0) is 24.6 Å². The predicted octanol–water partition coefficient (Wildman–Crippen LogP) is 2.70. The first kappa shape index (κ1) is 16.7. The number of hydrogen-bond donors (Lipinski definition) is 1. The molecular formula is C14H11ClN4O3S2. The molecule has 0 aliphatic carbocycles. The lowest BCUT2D eigenvalue weighted by Crippen LogP contribution is -2.17. The molecule has 0 aliphatic heterocycles. The van der Waals surface area contributed by atoms with Gasteiger partial charge in [-0.1, -0.05) is 29.0 Å². The van der Waals surface area contributed by atoms with Crippen molar-refractivity contribution in [3.8, 4) is 0 Å². The van der Waals surface area contributed by atoms with Crippen LogP contribution in [0.2, 0.25) is 5.02 Å². The first-order valence-corrected chi connectivity index (χ1v) is 9.74. The van der Waals surface area contributed by atoms with Gasteiger partial charge >= 0.3 is 0 Å². The number of amides is 1. The van der Waals surface area contributed by atoms with Gasteiger partial charge in [0.15, 0.2) is 10.8 Å². The van der Waals surface area contributed by atoms with Crippen LogP contribution >= 0.6 is 22.9 Å². The summed E-state index contributed by atoms with van der Waals surface area (Å²) in [5, 5.41) is 2.45. The normalized spacial score (nSPS) is 11.6. The Morgan fingerprint density at radius 2 is 2.04 bits per heavy atom. The van der Waals surface area contributed by atoms with Crippen molar-refractivity contribution in [2.75, 3.05) is 11.6 Å². The fraction of sp³-hybridized carbons (Fsp3) is 0.143. The molecule has 0 atom stereocenters. The molecular weight excluding hydrogens is 372 g/mol. The Bertz CT molecular complexity index is 1060. The van der Waals surface area contributed by atoms with Crippen LogP contribution in [0.25, 0.3) is 10.2 Å².